The highest BCUT2D eigenvalue weighted by molar-refractivity contribution is 7.96. The maximum atomic E-state index is 2.98. The SMILES string of the molecule is C[Si](C)(C)[Si](C)(C)c1ccc(-c2ccc([Si](C)(C)[Si](C)([Si](C)(C)c3ccc(-c4ccc([Si](C)(C)[Si](C)(C)C)s4)s3)[Si](C)(C)c3ccc(-c4ccc([Si](C)(C)[Si](C)(C)C)s4)s3)s2)s1. The third-order valence-electron chi connectivity index (χ3n) is 17.4. The van der Waals surface area contributed by atoms with E-state index >= 15 is 0 Å². The number of hydrogen-bond acceptors (Lipinski definition) is 6. The van der Waals surface area contributed by atoms with E-state index in [4.69, 9.17) is 0 Å². The lowest BCUT2D eigenvalue weighted by Crippen LogP contribution is -2.90. The Morgan fingerprint density at radius 1 is 0.210 bits per heavy atom. The van der Waals surface area contributed by atoms with Gasteiger partial charge in [-0.25, -0.2) is 0 Å². The summed E-state index contributed by atoms with van der Waals surface area (Å²) in [4.78, 5) is 9.07. The molecule has 6 aromatic rings. The zero-order valence-corrected chi connectivity index (χ0v) is 57.3. The summed E-state index contributed by atoms with van der Waals surface area (Å²) in [6.45, 7) is 57.2. The molecule has 0 N–H and O–H groups in total. The normalized spacial score (nSPS) is 14.6. The van der Waals surface area contributed by atoms with Crippen molar-refractivity contribution in [1.29, 1.82) is 0 Å². The van der Waals surface area contributed by atoms with E-state index in [1.807, 2.05) is 0 Å². The van der Waals surface area contributed by atoms with Gasteiger partial charge in [0.2, 0.25) is 0 Å². The van der Waals surface area contributed by atoms with Crippen molar-refractivity contribution in [3.05, 3.63) is 72.8 Å². The van der Waals surface area contributed by atoms with Gasteiger partial charge in [-0.15, -0.1) is 68.0 Å². The monoisotopic (exact) mass is 1100 g/mol. The molecule has 0 aromatic carbocycles. The van der Waals surface area contributed by atoms with Gasteiger partial charge in [0.15, 0.2) is 0 Å². The van der Waals surface area contributed by atoms with Crippen molar-refractivity contribution in [3.8, 4) is 29.3 Å². The smallest absolute Gasteiger partial charge is 0.0862 e. The molecule has 0 nitrogen and oxygen atoms in total. The van der Waals surface area contributed by atoms with E-state index in [-0.39, 0.29) is 0 Å². The standard InChI is InChI=1S/C46H78S6Si10/c1-53(2,3)56(10,11)41-29-23-35(47-41)38-26-32-44(50-38)59(16,17)62(22,60(18,19)45-33-27-39(51-45)36-24-30-42(48-36)57(12,13)54(4,5)6)61(20,21)46-34-28-40(52-46)37-25-31-43(49-37)58(14,15)55(7,8)9/h23-34H,1-22H3. The number of thiophene rings is 6. The predicted molar refractivity (Wildman–Crippen MR) is 327 cm³/mol. The zero-order valence-electron chi connectivity index (χ0n) is 42.4. The maximum Gasteiger partial charge on any atom is 0.0862 e. The van der Waals surface area contributed by atoms with E-state index in [0.29, 0.717) is 0 Å². The third-order valence-corrected chi connectivity index (χ3v) is 160. The Balaban J connectivity index is 1.47. The Morgan fingerprint density at radius 2 is 0.355 bits per heavy atom. The van der Waals surface area contributed by atoms with Gasteiger partial charge in [-0.3, -0.25) is 0 Å². The molecule has 6 heterocycles. The number of hydrogen-bond donors (Lipinski definition) is 0. The van der Waals surface area contributed by atoms with Crippen LogP contribution < -0.4 is 27.0 Å². The van der Waals surface area contributed by atoms with E-state index < -0.39 is 74.9 Å². The minimum absolute atomic E-state index is 1.26. The molecule has 6 rings (SSSR count). The van der Waals surface area contributed by atoms with E-state index in [1.54, 1.807) is 27.0 Å². The van der Waals surface area contributed by atoms with Crippen LogP contribution >= 0.6 is 68.0 Å². The van der Waals surface area contributed by atoms with Crippen LogP contribution in [0.2, 0.25) is 144 Å². The minimum Gasteiger partial charge on any atom is -0.144 e. The van der Waals surface area contributed by atoms with E-state index in [2.05, 4.69) is 285 Å². The summed E-state index contributed by atoms with van der Waals surface area (Å²) in [5.74, 6) is 0. The second kappa shape index (κ2) is 17.1. The van der Waals surface area contributed by atoms with Crippen LogP contribution in [0.25, 0.3) is 29.3 Å². The summed E-state index contributed by atoms with van der Waals surface area (Å²) in [5.41, 5.74) is 0. The Morgan fingerprint density at radius 3 is 0.500 bits per heavy atom. The van der Waals surface area contributed by atoms with Gasteiger partial charge >= 0.3 is 0 Å². The van der Waals surface area contributed by atoms with Crippen LogP contribution in [0.5, 0.6) is 0 Å². The highest BCUT2D eigenvalue weighted by atomic mass is 32.1. The highest BCUT2D eigenvalue weighted by Crippen LogP contribution is 2.43. The fraction of sp³-hybridized carbons (Fsp3) is 0.478. The summed E-state index contributed by atoms with van der Waals surface area (Å²) >= 11 is 13.0. The molecule has 338 valence electrons. The van der Waals surface area contributed by atoms with Crippen molar-refractivity contribution in [2.45, 2.75) is 144 Å². The summed E-state index contributed by atoms with van der Waals surface area (Å²) in [6, 6.07) is 30.6. The fourth-order valence-electron chi connectivity index (χ4n) is 9.03. The lowest BCUT2D eigenvalue weighted by atomic mass is 10.4. The largest absolute Gasteiger partial charge is 0.144 e. The van der Waals surface area contributed by atoms with Gasteiger partial charge in [0.1, 0.15) is 0 Å². The average molecular weight is 1100 g/mol. The van der Waals surface area contributed by atoms with Crippen molar-refractivity contribution in [1.82, 2.24) is 0 Å². The molecule has 0 spiro atoms. The van der Waals surface area contributed by atoms with Gasteiger partial charge in [0, 0.05) is 52.0 Å². The summed E-state index contributed by atoms with van der Waals surface area (Å²) in [7, 11) is -14.2. The lowest BCUT2D eigenvalue weighted by molar-refractivity contribution is 1.75. The molecule has 0 aliphatic carbocycles. The molecular weight excluding hydrogens is 1030 g/mol. The fourth-order valence-corrected chi connectivity index (χ4v) is 131. The summed E-state index contributed by atoms with van der Waals surface area (Å²) < 4.78 is 10.4. The van der Waals surface area contributed by atoms with Gasteiger partial charge in [0.25, 0.3) is 0 Å². The average Bonchev–Trinajstić information content (AvgIpc) is 3.99. The Labute approximate surface area is 411 Å². The molecule has 0 unspecified atom stereocenters. The van der Waals surface area contributed by atoms with Crippen LogP contribution in [-0.4, -0.2) is 74.9 Å². The van der Waals surface area contributed by atoms with E-state index in [0.717, 1.165) is 0 Å². The van der Waals surface area contributed by atoms with Crippen molar-refractivity contribution in [3.63, 3.8) is 0 Å². The quantitative estimate of drug-likeness (QED) is 0.0899. The summed E-state index contributed by atoms with van der Waals surface area (Å²) in [6.07, 6.45) is 0. The zero-order chi connectivity index (χ0) is 46.7. The first-order chi connectivity index (χ1) is 28.0. The van der Waals surface area contributed by atoms with Crippen LogP contribution in [0, 0.1) is 0 Å². The highest BCUT2D eigenvalue weighted by Gasteiger charge is 2.66. The van der Waals surface area contributed by atoms with Crippen LogP contribution in [0.4, 0.5) is 0 Å². The van der Waals surface area contributed by atoms with Crippen molar-refractivity contribution >= 4 is 170 Å². The molecule has 6 aromatic heterocycles. The second-order valence-electron chi connectivity index (χ2n) is 24.6. The first-order valence-corrected chi connectivity index (χ1v) is 64.6. The molecule has 0 fully saturated rings. The molecule has 0 atom stereocenters. The summed E-state index contributed by atoms with van der Waals surface area (Å²) in [5, 5.41) is 0. The minimum atomic E-state index is -2.07. The predicted octanol–water partition coefficient (Wildman–Crippen LogP) is 14.5. The molecule has 0 saturated heterocycles. The van der Waals surface area contributed by atoms with Gasteiger partial charge in [-0.05, 0) is 63.4 Å². The maximum absolute atomic E-state index is 2.98. The van der Waals surface area contributed by atoms with Crippen LogP contribution in [0.15, 0.2) is 72.8 Å². The van der Waals surface area contributed by atoms with E-state index in [1.165, 1.54) is 29.3 Å². The molecule has 0 saturated carbocycles. The number of rotatable bonds is 15. The Kier molecular flexibility index (Phi) is 14.3. The van der Waals surface area contributed by atoms with E-state index in [9.17, 15) is 0 Å². The molecule has 0 aliphatic rings. The molecule has 0 radical (unpaired) electrons. The topological polar surface area (TPSA) is 0 Å². The van der Waals surface area contributed by atoms with Crippen LogP contribution in [0.3, 0.4) is 0 Å². The molecule has 0 bridgehead atoms. The molecule has 0 amide bonds. The van der Waals surface area contributed by atoms with Gasteiger partial charge in [0.05, 0.1) is 52.2 Å². The van der Waals surface area contributed by atoms with Crippen molar-refractivity contribution < 1.29 is 0 Å². The lowest BCUT2D eigenvalue weighted by Gasteiger charge is -2.57. The van der Waals surface area contributed by atoms with Gasteiger partial charge in [-0.1, -0.05) is 180 Å². The Hall–Kier alpha value is 0.369. The molecule has 16 heteroatoms. The second-order valence-corrected chi connectivity index (χ2v) is 121. The van der Waals surface area contributed by atoms with Crippen molar-refractivity contribution in [2.75, 3.05) is 0 Å². The van der Waals surface area contributed by atoms with Gasteiger partial charge in [-0.2, -0.15) is 0 Å². The van der Waals surface area contributed by atoms with Crippen LogP contribution in [-0.2, 0) is 0 Å². The van der Waals surface area contributed by atoms with Crippen molar-refractivity contribution in [2.24, 2.45) is 0 Å². The molecular formula is C46H78S6Si10. The molecule has 62 heavy (non-hydrogen) atoms. The van der Waals surface area contributed by atoms with Crippen LogP contribution in [0.1, 0.15) is 0 Å². The first-order valence-electron chi connectivity index (χ1n) is 22.7. The molecule has 0 aliphatic heterocycles. The first kappa shape index (κ1) is 51.8. The Bertz CT molecular complexity index is 2260. The third kappa shape index (κ3) is 8.70. The van der Waals surface area contributed by atoms with Gasteiger partial charge < -0.3 is 0 Å².